The molecule has 1 aromatic carbocycles. The topological polar surface area (TPSA) is 127 Å². The molecule has 4 N–H and O–H groups in total. The molecule has 0 fully saturated rings. The number of hydrogen-bond donors (Lipinski definition) is 3. The summed E-state index contributed by atoms with van der Waals surface area (Å²) >= 11 is 0. The summed E-state index contributed by atoms with van der Waals surface area (Å²) in [5, 5.41) is 15.3. The van der Waals surface area contributed by atoms with Crippen LogP contribution in [0.2, 0.25) is 0 Å². The molecule has 0 aliphatic heterocycles. The van der Waals surface area contributed by atoms with Crippen LogP contribution >= 0.6 is 0 Å². The molecule has 5 rings (SSSR count). The van der Waals surface area contributed by atoms with Gasteiger partial charge in [0.05, 0.1) is 31.0 Å². The lowest BCUT2D eigenvalue weighted by atomic mass is 10.1. The van der Waals surface area contributed by atoms with E-state index in [4.69, 9.17) is 5.73 Å². The van der Waals surface area contributed by atoms with Gasteiger partial charge in [0.1, 0.15) is 11.3 Å². The Balaban J connectivity index is 1.37. The summed E-state index contributed by atoms with van der Waals surface area (Å²) in [4.78, 5) is 11.4. The Morgan fingerprint density at radius 3 is 2.93 bits per heavy atom. The first-order valence-electron chi connectivity index (χ1n) is 8.79. The zero-order valence-electron chi connectivity index (χ0n) is 14.9. The largest absolute Gasteiger partial charge is 0.384 e. The van der Waals surface area contributed by atoms with Crippen LogP contribution in [0.25, 0.3) is 22.4 Å². The number of aromatic nitrogens is 8. The third kappa shape index (κ3) is 3.09. The van der Waals surface area contributed by atoms with Gasteiger partial charge in [0.15, 0.2) is 0 Å². The second-order valence-electron chi connectivity index (χ2n) is 6.59. The summed E-state index contributed by atoms with van der Waals surface area (Å²) in [5.74, 6) is 0.430. The van der Waals surface area contributed by atoms with Crippen molar-refractivity contribution >= 4 is 17.0 Å². The van der Waals surface area contributed by atoms with Gasteiger partial charge in [-0.15, -0.1) is 5.10 Å². The molecule has 0 atom stereocenters. The van der Waals surface area contributed by atoms with Gasteiger partial charge in [0.25, 0.3) is 0 Å². The van der Waals surface area contributed by atoms with Crippen molar-refractivity contribution in [2.75, 3.05) is 5.73 Å². The van der Waals surface area contributed by atoms with Crippen molar-refractivity contribution in [3.63, 3.8) is 0 Å². The predicted molar refractivity (Wildman–Crippen MR) is 104 cm³/mol. The minimum Gasteiger partial charge on any atom is -0.384 e. The highest BCUT2D eigenvalue weighted by Gasteiger charge is 2.10. The van der Waals surface area contributed by atoms with E-state index in [0.717, 1.165) is 33.5 Å². The summed E-state index contributed by atoms with van der Waals surface area (Å²) in [7, 11) is 0. The fraction of sp³-hybridized carbons (Fsp3) is 0.105. The molecule has 28 heavy (non-hydrogen) atoms. The second-order valence-corrected chi connectivity index (χ2v) is 6.59. The number of pyridine rings is 1. The maximum absolute atomic E-state index is 5.88. The molecule has 4 aromatic heterocycles. The third-order valence-corrected chi connectivity index (χ3v) is 4.55. The van der Waals surface area contributed by atoms with Crippen LogP contribution in [0, 0.1) is 0 Å². The Bertz CT molecular complexity index is 1230. The van der Waals surface area contributed by atoms with Crippen LogP contribution in [0.5, 0.6) is 0 Å². The molecular formula is C19H17N9. The molecule has 0 saturated heterocycles. The summed E-state index contributed by atoms with van der Waals surface area (Å²) in [6, 6.07) is 10.1. The van der Waals surface area contributed by atoms with Crippen LogP contribution in [-0.2, 0) is 13.0 Å². The minimum atomic E-state index is 0.430. The molecule has 0 spiro atoms. The minimum absolute atomic E-state index is 0.430. The molecule has 0 unspecified atom stereocenters. The summed E-state index contributed by atoms with van der Waals surface area (Å²) in [6.07, 6.45) is 8.05. The lowest BCUT2D eigenvalue weighted by Gasteiger charge is -2.05. The molecule has 0 aliphatic carbocycles. The normalized spacial score (nSPS) is 11.3. The Morgan fingerprint density at radius 2 is 2.04 bits per heavy atom. The average molecular weight is 371 g/mol. The summed E-state index contributed by atoms with van der Waals surface area (Å²) in [5.41, 5.74) is 12.4. The Hall–Kier alpha value is -4.01. The van der Waals surface area contributed by atoms with Gasteiger partial charge in [-0.1, -0.05) is 18.2 Å². The zero-order chi connectivity index (χ0) is 18.9. The number of imidazole rings is 1. The number of H-pyrrole nitrogens is 2. The molecule has 0 bridgehead atoms. The van der Waals surface area contributed by atoms with E-state index in [1.54, 1.807) is 6.33 Å². The third-order valence-electron chi connectivity index (χ3n) is 4.55. The average Bonchev–Trinajstić information content (AvgIpc) is 3.43. The van der Waals surface area contributed by atoms with Crippen LogP contribution in [0.15, 0.2) is 55.2 Å². The van der Waals surface area contributed by atoms with Crippen molar-refractivity contribution in [2.45, 2.75) is 13.0 Å². The first kappa shape index (κ1) is 16.2. The zero-order valence-corrected chi connectivity index (χ0v) is 14.9. The maximum atomic E-state index is 5.88. The van der Waals surface area contributed by atoms with Crippen molar-refractivity contribution < 1.29 is 0 Å². The van der Waals surface area contributed by atoms with Gasteiger partial charge < -0.3 is 10.7 Å². The quantitative estimate of drug-likeness (QED) is 0.434. The predicted octanol–water partition coefficient (Wildman–Crippen LogP) is 2.16. The van der Waals surface area contributed by atoms with E-state index < -0.39 is 0 Å². The molecule has 0 amide bonds. The molecule has 9 heteroatoms. The fourth-order valence-corrected chi connectivity index (χ4v) is 3.30. The number of aromatic amines is 2. The molecule has 4 heterocycles. The SMILES string of the molecule is Nc1cc(Cc2cnn(Cc3cccc(-c4cnc[nH]4)c3)c2)c2n[nH]nc2n1. The molecule has 0 saturated carbocycles. The van der Waals surface area contributed by atoms with Crippen LogP contribution < -0.4 is 5.73 Å². The number of nitrogens with zero attached hydrogens (tertiary/aromatic N) is 6. The summed E-state index contributed by atoms with van der Waals surface area (Å²) < 4.78 is 1.92. The number of hydrogen-bond acceptors (Lipinski definition) is 6. The van der Waals surface area contributed by atoms with E-state index in [-0.39, 0.29) is 0 Å². The molecule has 0 aliphatic rings. The van der Waals surface area contributed by atoms with E-state index in [9.17, 15) is 0 Å². The van der Waals surface area contributed by atoms with E-state index >= 15 is 0 Å². The lowest BCUT2D eigenvalue weighted by molar-refractivity contribution is 0.686. The Kier molecular flexibility index (Phi) is 3.82. The first-order chi connectivity index (χ1) is 13.7. The van der Waals surface area contributed by atoms with Gasteiger partial charge in [0, 0.05) is 12.6 Å². The number of nitrogens with two attached hydrogens (primary N) is 1. The number of anilines is 1. The molecular weight excluding hydrogens is 354 g/mol. The fourth-order valence-electron chi connectivity index (χ4n) is 3.30. The van der Waals surface area contributed by atoms with Gasteiger partial charge in [-0.05, 0) is 34.4 Å². The van der Waals surface area contributed by atoms with Crippen LogP contribution in [-0.4, -0.2) is 40.1 Å². The van der Waals surface area contributed by atoms with Gasteiger partial charge in [-0.2, -0.15) is 15.4 Å². The van der Waals surface area contributed by atoms with Crippen LogP contribution in [0.4, 0.5) is 5.82 Å². The standard InChI is InChI=1S/C19H17N9/c20-17-6-15(18-19(24-17)26-27-25-18)5-13-7-23-28(10-13)9-12-2-1-3-14(4-12)16-8-21-11-22-16/h1-4,6-8,10-11H,5,9H2,(H,21,22)(H3,20,24,25,26,27). The highest BCUT2D eigenvalue weighted by atomic mass is 15.3. The van der Waals surface area contributed by atoms with E-state index in [2.05, 4.69) is 53.7 Å². The highest BCUT2D eigenvalue weighted by molar-refractivity contribution is 5.76. The van der Waals surface area contributed by atoms with Crippen molar-refractivity contribution in [1.82, 2.24) is 40.1 Å². The number of fused-ring (bicyclic) bond motifs is 1. The maximum Gasteiger partial charge on any atom is 0.203 e. The number of nitrogens with one attached hydrogen (secondary N) is 2. The highest BCUT2D eigenvalue weighted by Crippen LogP contribution is 2.20. The van der Waals surface area contributed by atoms with E-state index in [0.29, 0.717) is 24.4 Å². The van der Waals surface area contributed by atoms with Crippen molar-refractivity contribution in [3.05, 3.63) is 71.9 Å². The van der Waals surface area contributed by atoms with Gasteiger partial charge in [0.2, 0.25) is 5.65 Å². The Morgan fingerprint density at radius 1 is 1.07 bits per heavy atom. The molecule has 5 aromatic rings. The molecule has 0 radical (unpaired) electrons. The molecule has 9 nitrogen and oxygen atoms in total. The Labute approximate surface area is 159 Å². The van der Waals surface area contributed by atoms with E-state index in [1.165, 1.54) is 0 Å². The van der Waals surface area contributed by atoms with Crippen molar-refractivity contribution in [3.8, 4) is 11.3 Å². The van der Waals surface area contributed by atoms with Gasteiger partial charge >= 0.3 is 0 Å². The van der Waals surface area contributed by atoms with Crippen LogP contribution in [0.1, 0.15) is 16.7 Å². The van der Waals surface area contributed by atoms with Gasteiger partial charge in [-0.3, -0.25) is 4.68 Å². The van der Waals surface area contributed by atoms with Crippen molar-refractivity contribution in [2.24, 2.45) is 0 Å². The summed E-state index contributed by atoms with van der Waals surface area (Å²) in [6.45, 7) is 0.680. The van der Waals surface area contributed by atoms with Crippen molar-refractivity contribution in [1.29, 1.82) is 0 Å². The number of rotatable bonds is 5. The molecule has 138 valence electrons. The number of nitrogen functional groups attached to an aromatic ring is 1. The smallest absolute Gasteiger partial charge is 0.203 e. The van der Waals surface area contributed by atoms with Gasteiger partial charge in [-0.25, -0.2) is 9.97 Å². The first-order valence-corrected chi connectivity index (χ1v) is 8.79. The van der Waals surface area contributed by atoms with E-state index in [1.807, 2.05) is 35.4 Å². The van der Waals surface area contributed by atoms with Crippen LogP contribution in [0.3, 0.4) is 0 Å². The second kappa shape index (κ2) is 6.62. The monoisotopic (exact) mass is 371 g/mol. The number of benzene rings is 1. The lowest BCUT2D eigenvalue weighted by Crippen LogP contribution is -2.00.